The molecule has 2 rings (SSSR count). The average Bonchev–Trinajstić information content (AvgIpc) is 2.88. The third kappa shape index (κ3) is 3.73. The second-order valence-corrected chi connectivity index (χ2v) is 6.19. The van der Waals surface area contributed by atoms with Gasteiger partial charge in [-0.05, 0) is 30.7 Å². The number of carbonyl (C=O) groups excluding carboxylic acids is 1. The smallest absolute Gasteiger partial charge is 0.153 e. The predicted molar refractivity (Wildman–Crippen MR) is 84.2 cm³/mol. The van der Waals surface area contributed by atoms with Gasteiger partial charge in [-0.25, -0.2) is 4.39 Å². The molecule has 0 unspecified atom stereocenters. The summed E-state index contributed by atoms with van der Waals surface area (Å²) in [6, 6.07) is 4.96. The molecule has 0 aliphatic heterocycles. The molecule has 1 aromatic carbocycles. The van der Waals surface area contributed by atoms with Crippen molar-refractivity contribution in [3.63, 3.8) is 0 Å². The molecule has 1 aromatic heterocycles. The summed E-state index contributed by atoms with van der Waals surface area (Å²) in [5.74, 6) is 0.282. The second-order valence-electron chi connectivity index (χ2n) is 5.35. The minimum atomic E-state index is -0.284. The number of nitrogens with zero attached hydrogens (tertiary/aromatic N) is 2. The zero-order valence-corrected chi connectivity index (χ0v) is 13.3. The van der Waals surface area contributed by atoms with E-state index in [1.54, 1.807) is 23.0 Å². The fourth-order valence-electron chi connectivity index (χ4n) is 2.07. The van der Waals surface area contributed by atoms with Crippen molar-refractivity contribution in [1.29, 1.82) is 0 Å². The van der Waals surface area contributed by atoms with Crippen molar-refractivity contribution in [2.45, 2.75) is 31.7 Å². The number of carbonyl (C=O) groups is 1. The molecule has 112 valence electrons. The Balaban J connectivity index is 2.34. The van der Waals surface area contributed by atoms with Crippen LogP contribution >= 0.6 is 11.8 Å². The minimum absolute atomic E-state index is 0.284. The van der Waals surface area contributed by atoms with Crippen LogP contribution < -0.4 is 0 Å². The van der Waals surface area contributed by atoms with Crippen LogP contribution in [0.2, 0.25) is 0 Å². The highest BCUT2D eigenvalue weighted by atomic mass is 32.2. The van der Waals surface area contributed by atoms with E-state index in [1.807, 2.05) is 6.26 Å². The van der Waals surface area contributed by atoms with Gasteiger partial charge >= 0.3 is 0 Å². The van der Waals surface area contributed by atoms with Crippen molar-refractivity contribution in [2.24, 2.45) is 5.92 Å². The lowest BCUT2D eigenvalue weighted by molar-refractivity contribution is 0.112. The Kier molecular flexibility index (Phi) is 5.17. The maximum atomic E-state index is 13.9. The maximum Gasteiger partial charge on any atom is 0.153 e. The van der Waals surface area contributed by atoms with Gasteiger partial charge in [-0.2, -0.15) is 5.10 Å². The summed E-state index contributed by atoms with van der Waals surface area (Å²) in [5.41, 5.74) is 1.67. The van der Waals surface area contributed by atoms with Gasteiger partial charge in [0.2, 0.25) is 0 Å². The monoisotopic (exact) mass is 306 g/mol. The van der Waals surface area contributed by atoms with Crippen LogP contribution in [0.15, 0.2) is 29.3 Å². The number of aryl methyl sites for hydroxylation is 1. The van der Waals surface area contributed by atoms with Crippen LogP contribution in [-0.2, 0) is 6.54 Å². The molecule has 0 spiro atoms. The standard InChI is InChI=1S/C16H19FN2OS/c1-11(2)6-7-19-9-13(10-20)16(18-19)12-4-5-15(21-3)14(17)8-12/h4-5,8-11H,6-7H2,1-3H3. The van der Waals surface area contributed by atoms with E-state index in [-0.39, 0.29) is 5.82 Å². The number of aldehydes is 1. The van der Waals surface area contributed by atoms with E-state index in [0.717, 1.165) is 19.3 Å². The molecule has 0 radical (unpaired) electrons. The summed E-state index contributed by atoms with van der Waals surface area (Å²) in [6.45, 7) is 5.03. The van der Waals surface area contributed by atoms with Gasteiger partial charge in [0.25, 0.3) is 0 Å². The number of aromatic nitrogens is 2. The van der Waals surface area contributed by atoms with Crippen molar-refractivity contribution >= 4 is 18.0 Å². The van der Waals surface area contributed by atoms with Crippen LogP contribution in [0, 0.1) is 11.7 Å². The van der Waals surface area contributed by atoms with E-state index in [9.17, 15) is 9.18 Å². The van der Waals surface area contributed by atoms with Crippen LogP contribution in [0.4, 0.5) is 4.39 Å². The molecule has 0 saturated carbocycles. The number of thioether (sulfide) groups is 1. The van der Waals surface area contributed by atoms with Gasteiger partial charge in [-0.1, -0.05) is 19.9 Å². The number of rotatable bonds is 6. The molecule has 0 bridgehead atoms. The van der Waals surface area contributed by atoms with Crippen LogP contribution in [-0.4, -0.2) is 22.3 Å². The topological polar surface area (TPSA) is 34.9 Å². The van der Waals surface area contributed by atoms with Gasteiger partial charge in [0.1, 0.15) is 11.5 Å². The lowest BCUT2D eigenvalue weighted by Crippen LogP contribution is -2.02. The molecule has 3 nitrogen and oxygen atoms in total. The van der Waals surface area contributed by atoms with Crippen LogP contribution in [0.1, 0.15) is 30.6 Å². The Labute approximate surface area is 128 Å². The van der Waals surface area contributed by atoms with E-state index in [0.29, 0.717) is 27.6 Å². The molecule has 0 N–H and O–H groups in total. The first-order valence-electron chi connectivity index (χ1n) is 6.91. The van der Waals surface area contributed by atoms with Crippen molar-refractivity contribution < 1.29 is 9.18 Å². The first-order chi connectivity index (χ1) is 10.0. The van der Waals surface area contributed by atoms with Gasteiger partial charge in [0.05, 0.1) is 5.56 Å². The molecule has 0 saturated heterocycles. The Morgan fingerprint density at radius 1 is 1.43 bits per heavy atom. The Hall–Kier alpha value is -1.62. The predicted octanol–water partition coefficient (Wildman–Crippen LogP) is 4.27. The number of hydrogen-bond acceptors (Lipinski definition) is 3. The zero-order chi connectivity index (χ0) is 15.4. The highest BCUT2D eigenvalue weighted by Gasteiger charge is 2.13. The van der Waals surface area contributed by atoms with Crippen molar-refractivity contribution in [1.82, 2.24) is 9.78 Å². The highest BCUT2D eigenvalue weighted by Crippen LogP contribution is 2.27. The number of benzene rings is 1. The van der Waals surface area contributed by atoms with Crippen molar-refractivity contribution in [3.05, 3.63) is 35.8 Å². The molecule has 2 aromatic rings. The third-order valence-corrected chi connectivity index (χ3v) is 4.05. The molecule has 5 heteroatoms. The molecule has 0 aliphatic rings. The SMILES string of the molecule is CSc1ccc(-c2nn(CCC(C)C)cc2C=O)cc1F. The van der Waals surface area contributed by atoms with Gasteiger partial charge in [-0.3, -0.25) is 9.48 Å². The van der Waals surface area contributed by atoms with Gasteiger partial charge in [-0.15, -0.1) is 11.8 Å². The van der Waals surface area contributed by atoms with Gasteiger partial charge in [0, 0.05) is 23.2 Å². The fraction of sp³-hybridized carbons (Fsp3) is 0.375. The lowest BCUT2D eigenvalue weighted by atomic mass is 10.1. The van der Waals surface area contributed by atoms with Gasteiger partial charge < -0.3 is 0 Å². The first-order valence-corrected chi connectivity index (χ1v) is 8.14. The first kappa shape index (κ1) is 15.8. The van der Waals surface area contributed by atoms with Crippen molar-refractivity contribution in [3.8, 4) is 11.3 Å². The molecule has 0 atom stereocenters. The second kappa shape index (κ2) is 6.89. The third-order valence-electron chi connectivity index (χ3n) is 3.28. The summed E-state index contributed by atoms with van der Waals surface area (Å²) in [7, 11) is 0. The summed E-state index contributed by atoms with van der Waals surface area (Å²) in [6.07, 6.45) is 5.31. The fourth-order valence-corrected chi connectivity index (χ4v) is 2.52. The van der Waals surface area contributed by atoms with Crippen LogP contribution in [0.25, 0.3) is 11.3 Å². The Morgan fingerprint density at radius 2 is 2.19 bits per heavy atom. The lowest BCUT2D eigenvalue weighted by Gasteiger charge is -2.04. The summed E-state index contributed by atoms with van der Waals surface area (Å²) >= 11 is 1.36. The molecule has 21 heavy (non-hydrogen) atoms. The number of halogens is 1. The normalized spacial score (nSPS) is 11.1. The van der Waals surface area contributed by atoms with E-state index < -0.39 is 0 Å². The largest absolute Gasteiger partial charge is 0.298 e. The van der Waals surface area contributed by atoms with Crippen LogP contribution in [0.5, 0.6) is 0 Å². The summed E-state index contributed by atoms with van der Waals surface area (Å²) in [5, 5.41) is 4.43. The Morgan fingerprint density at radius 3 is 2.76 bits per heavy atom. The molecular weight excluding hydrogens is 287 g/mol. The summed E-state index contributed by atoms with van der Waals surface area (Å²) < 4.78 is 15.7. The minimum Gasteiger partial charge on any atom is -0.298 e. The number of hydrogen-bond donors (Lipinski definition) is 0. The Bertz CT molecular complexity index is 637. The molecule has 0 fully saturated rings. The average molecular weight is 306 g/mol. The molecule has 1 heterocycles. The van der Waals surface area contributed by atoms with E-state index in [4.69, 9.17) is 0 Å². The van der Waals surface area contributed by atoms with Gasteiger partial charge in [0.15, 0.2) is 6.29 Å². The van der Waals surface area contributed by atoms with Crippen molar-refractivity contribution in [2.75, 3.05) is 6.26 Å². The van der Waals surface area contributed by atoms with E-state index in [1.165, 1.54) is 17.8 Å². The molecule has 0 amide bonds. The zero-order valence-electron chi connectivity index (χ0n) is 12.5. The molecule has 0 aliphatic carbocycles. The molecular formula is C16H19FN2OS. The van der Waals surface area contributed by atoms with E-state index >= 15 is 0 Å². The maximum absolute atomic E-state index is 13.9. The quantitative estimate of drug-likeness (QED) is 0.590. The highest BCUT2D eigenvalue weighted by molar-refractivity contribution is 7.98. The van der Waals surface area contributed by atoms with Crippen LogP contribution in [0.3, 0.4) is 0 Å². The van der Waals surface area contributed by atoms with E-state index in [2.05, 4.69) is 18.9 Å². The summed E-state index contributed by atoms with van der Waals surface area (Å²) in [4.78, 5) is 11.8.